The number of fused-ring (bicyclic) bond motifs is 1. The van der Waals surface area contributed by atoms with Gasteiger partial charge >= 0.3 is 0 Å². The van der Waals surface area contributed by atoms with Crippen LogP contribution in [0.2, 0.25) is 0 Å². The van der Waals surface area contributed by atoms with Gasteiger partial charge in [0.25, 0.3) is 0 Å². The molecule has 5 rings (SSSR count). The minimum atomic E-state index is 0.0159. The third-order valence-electron chi connectivity index (χ3n) is 5.81. The van der Waals surface area contributed by atoms with Gasteiger partial charge in [-0.15, -0.1) is 0 Å². The van der Waals surface area contributed by atoms with Gasteiger partial charge in [-0.2, -0.15) is 9.61 Å². The van der Waals surface area contributed by atoms with Crippen LogP contribution in [0.25, 0.3) is 16.9 Å². The van der Waals surface area contributed by atoms with Gasteiger partial charge in [-0.3, -0.25) is 4.79 Å². The Morgan fingerprint density at radius 3 is 2.68 bits per heavy atom. The second-order valence-electron chi connectivity index (χ2n) is 7.98. The number of carbonyl (C=O) groups is 1. The lowest BCUT2D eigenvalue weighted by Crippen LogP contribution is -2.41. The Balaban J connectivity index is 1.31. The van der Waals surface area contributed by atoms with Crippen LogP contribution in [0.1, 0.15) is 24.3 Å². The molecular weight excluding hydrogens is 390 g/mol. The second kappa shape index (κ2) is 8.26. The standard InChI is InChI=1S/C24H25N5O2/c1-17-14-23(29-22(26-17)15-21(27-29)18-6-3-2-4-7-18)28-11-9-19(10-12-28)24(30)25-16-20-8-5-13-31-20/h2-8,13-15,19H,9-12,16H2,1H3,(H,25,30). The van der Waals surface area contributed by atoms with E-state index in [2.05, 4.69) is 33.4 Å². The van der Waals surface area contributed by atoms with E-state index in [0.29, 0.717) is 6.54 Å². The first-order valence-electron chi connectivity index (χ1n) is 10.7. The Hall–Kier alpha value is -3.61. The summed E-state index contributed by atoms with van der Waals surface area (Å²) in [6, 6.07) is 17.9. The van der Waals surface area contributed by atoms with Crippen molar-refractivity contribution in [2.75, 3.05) is 18.0 Å². The molecule has 3 aromatic heterocycles. The largest absolute Gasteiger partial charge is 0.467 e. The number of furan rings is 1. The molecule has 0 bridgehead atoms. The van der Waals surface area contributed by atoms with Crippen molar-refractivity contribution in [2.45, 2.75) is 26.3 Å². The molecule has 158 valence electrons. The van der Waals surface area contributed by atoms with Crippen molar-refractivity contribution in [3.63, 3.8) is 0 Å². The van der Waals surface area contributed by atoms with Crippen molar-refractivity contribution < 1.29 is 9.21 Å². The molecule has 4 aromatic rings. The van der Waals surface area contributed by atoms with Gasteiger partial charge in [-0.25, -0.2) is 4.98 Å². The van der Waals surface area contributed by atoms with Crippen LogP contribution in [0.15, 0.2) is 65.3 Å². The predicted octanol–water partition coefficient (Wildman–Crippen LogP) is 3.83. The summed E-state index contributed by atoms with van der Waals surface area (Å²) in [5.74, 6) is 1.91. The molecule has 0 unspecified atom stereocenters. The van der Waals surface area contributed by atoms with E-state index in [9.17, 15) is 4.79 Å². The molecule has 1 amide bonds. The van der Waals surface area contributed by atoms with E-state index >= 15 is 0 Å². The van der Waals surface area contributed by atoms with Crippen LogP contribution >= 0.6 is 0 Å². The molecule has 1 fully saturated rings. The second-order valence-corrected chi connectivity index (χ2v) is 7.98. The van der Waals surface area contributed by atoms with Gasteiger partial charge in [-0.05, 0) is 31.9 Å². The lowest BCUT2D eigenvalue weighted by molar-refractivity contribution is -0.125. The molecule has 1 N–H and O–H groups in total. The number of piperidine rings is 1. The monoisotopic (exact) mass is 415 g/mol. The smallest absolute Gasteiger partial charge is 0.223 e. The molecule has 1 saturated heterocycles. The van der Waals surface area contributed by atoms with Crippen molar-refractivity contribution in [3.05, 3.63) is 72.3 Å². The highest BCUT2D eigenvalue weighted by Gasteiger charge is 2.26. The van der Waals surface area contributed by atoms with Crippen molar-refractivity contribution in [1.29, 1.82) is 0 Å². The van der Waals surface area contributed by atoms with Crippen LogP contribution in [-0.2, 0) is 11.3 Å². The summed E-state index contributed by atoms with van der Waals surface area (Å²) in [5.41, 5.74) is 3.78. The lowest BCUT2D eigenvalue weighted by Gasteiger charge is -2.33. The lowest BCUT2D eigenvalue weighted by atomic mass is 9.96. The number of aryl methyl sites for hydroxylation is 1. The first-order chi connectivity index (χ1) is 15.2. The van der Waals surface area contributed by atoms with Crippen molar-refractivity contribution in [1.82, 2.24) is 19.9 Å². The number of benzene rings is 1. The van der Waals surface area contributed by atoms with E-state index in [1.165, 1.54) is 0 Å². The Bertz CT molecular complexity index is 1180. The van der Waals surface area contributed by atoms with Gasteiger partial charge < -0.3 is 14.6 Å². The van der Waals surface area contributed by atoms with E-state index in [0.717, 1.165) is 60.1 Å². The van der Waals surface area contributed by atoms with Crippen LogP contribution in [-0.4, -0.2) is 33.6 Å². The minimum absolute atomic E-state index is 0.0159. The van der Waals surface area contributed by atoms with Crippen LogP contribution in [0.3, 0.4) is 0 Å². The molecule has 7 nitrogen and oxygen atoms in total. The van der Waals surface area contributed by atoms with E-state index in [-0.39, 0.29) is 11.8 Å². The number of amides is 1. The third-order valence-corrected chi connectivity index (χ3v) is 5.81. The molecule has 0 aliphatic carbocycles. The number of aromatic nitrogens is 3. The van der Waals surface area contributed by atoms with Gasteiger partial charge in [-0.1, -0.05) is 30.3 Å². The maximum atomic E-state index is 12.6. The summed E-state index contributed by atoms with van der Waals surface area (Å²) in [5, 5.41) is 7.82. The van der Waals surface area contributed by atoms with Crippen molar-refractivity contribution in [2.24, 2.45) is 5.92 Å². The zero-order valence-electron chi connectivity index (χ0n) is 17.5. The molecule has 7 heteroatoms. The van der Waals surface area contributed by atoms with Crippen molar-refractivity contribution >= 4 is 17.4 Å². The Morgan fingerprint density at radius 1 is 1.13 bits per heavy atom. The molecule has 4 heterocycles. The molecule has 31 heavy (non-hydrogen) atoms. The molecule has 0 saturated carbocycles. The summed E-state index contributed by atoms with van der Waals surface area (Å²) in [4.78, 5) is 19.5. The zero-order valence-corrected chi connectivity index (χ0v) is 17.5. The first-order valence-corrected chi connectivity index (χ1v) is 10.7. The summed E-state index contributed by atoms with van der Waals surface area (Å²) in [7, 11) is 0. The topological polar surface area (TPSA) is 75.7 Å². The zero-order chi connectivity index (χ0) is 21.2. The molecular formula is C24H25N5O2. The molecule has 0 spiro atoms. The average molecular weight is 415 g/mol. The number of carbonyl (C=O) groups excluding carboxylic acids is 1. The Morgan fingerprint density at radius 2 is 1.94 bits per heavy atom. The summed E-state index contributed by atoms with van der Waals surface area (Å²) >= 11 is 0. The predicted molar refractivity (Wildman–Crippen MR) is 119 cm³/mol. The SMILES string of the molecule is Cc1cc(N2CCC(C(=O)NCc3ccco3)CC2)n2nc(-c3ccccc3)cc2n1. The van der Waals surface area contributed by atoms with Gasteiger partial charge in [0.2, 0.25) is 5.91 Å². The molecule has 0 radical (unpaired) electrons. The fraction of sp³-hybridized carbons (Fsp3) is 0.292. The summed E-state index contributed by atoms with van der Waals surface area (Å²) < 4.78 is 7.22. The quantitative estimate of drug-likeness (QED) is 0.536. The van der Waals surface area contributed by atoms with Crippen LogP contribution in [0, 0.1) is 12.8 Å². The maximum Gasteiger partial charge on any atom is 0.223 e. The highest BCUT2D eigenvalue weighted by Crippen LogP contribution is 2.27. The molecule has 1 aromatic carbocycles. The Labute approximate surface area is 180 Å². The van der Waals surface area contributed by atoms with E-state index in [1.54, 1.807) is 6.26 Å². The molecule has 1 aliphatic heterocycles. The highest BCUT2D eigenvalue weighted by molar-refractivity contribution is 5.79. The van der Waals surface area contributed by atoms with E-state index in [4.69, 9.17) is 9.52 Å². The number of nitrogens with zero attached hydrogens (tertiary/aromatic N) is 4. The summed E-state index contributed by atoms with van der Waals surface area (Å²) in [6.07, 6.45) is 3.23. The normalized spacial score (nSPS) is 14.8. The van der Waals surface area contributed by atoms with E-state index < -0.39 is 0 Å². The van der Waals surface area contributed by atoms with Gasteiger partial charge in [0.15, 0.2) is 5.65 Å². The number of hydrogen-bond acceptors (Lipinski definition) is 5. The minimum Gasteiger partial charge on any atom is -0.467 e. The number of nitrogens with one attached hydrogen (secondary N) is 1. The van der Waals surface area contributed by atoms with Gasteiger partial charge in [0, 0.05) is 42.4 Å². The highest BCUT2D eigenvalue weighted by atomic mass is 16.3. The van der Waals surface area contributed by atoms with Crippen molar-refractivity contribution in [3.8, 4) is 11.3 Å². The maximum absolute atomic E-state index is 12.6. The fourth-order valence-corrected chi connectivity index (χ4v) is 4.16. The first kappa shape index (κ1) is 19.4. The Kier molecular flexibility index (Phi) is 5.16. The van der Waals surface area contributed by atoms with E-state index in [1.807, 2.05) is 47.8 Å². The summed E-state index contributed by atoms with van der Waals surface area (Å²) in [6.45, 7) is 4.05. The van der Waals surface area contributed by atoms with Gasteiger partial charge in [0.05, 0.1) is 18.5 Å². The van der Waals surface area contributed by atoms with Crippen LogP contribution in [0.4, 0.5) is 5.82 Å². The fourth-order valence-electron chi connectivity index (χ4n) is 4.16. The van der Waals surface area contributed by atoms with Gasteiger partial charge in [0.1, 0.15) is 11.6 Å². The third kappa shape index (κ3) is 4.03. The molecule has 1 aliphatic rings. The molecule has 0 atom stereocenters. The number of hydrogen-bond donors (Lipinski definition) is 1. The van der Waals surface area contributed by atoms with Crippen LogP contribution in [0.5, 0.6) is 0 Å². The van der Waals surface area contributed by atoms with Crippen LogP contribution < -0.4 is 10.2 Å². The number of anilines is 1. The average Bonchev–Trinajstić information content (AvgIpc) is 3.47. The number of rotatable bonds is 5.